The molecule has 0 aromatic heterocycles. The average Bonchev–Trinajstić information content (AvgIpc) is 2.96. The largest absolute Gasteiger partial charge is 0.444 e. The molecule has 9 heteroatoms. The number of ether oxygens (including phenoxy) is 1. The SMILES string of the molecule is CCc1ccc(NC(=O)[C@H](Cc2ccccc2)NC(=O)C2CCN(C(=O)[C@H](CC(C)C)NC(=O)OC(C)(C)C)CC2)cc1. The van der Waals surface area contributed by atoms with E-state index >= 15 is 0 Å². The molecule has 2 aromatic rings. The Balaban J connectivity index is 1.62. The standard InChI is InChI=1S/C34H48N4O5/c1-7-24-13-15-27(16-14-24)35-31(40)28(22-25-11-9-8-10-12-25)36-30(39)26-17-19-38(20-18-26)32(41)29(21-23(2)3)37-33(42)43-34(4,5)6/h8-16,23,26,28-29H,7,17-22H2,1-6H3,(H,35,40)(H,36,39)(H,37,42)/t28-,29-/m0/s1. The van der Waals surface area contributed by atoms with Crippen LogP contribution in [0.15, 0.2) is 54.6 Å². The Bertz CT molecular complexity index is 1220. The van der Waals surface area contributed by atoms with Gasteiger partial charge in [0.05, 0.1) is 0 Å². The van der Waals surface area contributed by atoms with E-state index in [1.54, 1.807) is 25.7 Å². The zero-order valence-corrected chi connectivity index (χ0v) is 26.4. The van der Waals surface area contributed by atoms with E-state index < -0.39 is 23.8 Å². The number of anilines is 1. The minimum Gasteiger partial charge on any atom is -0.444 e. The first-order valence-electron chi connectivity index (χ1n) is 15.4. The van der Waals surface area contributed by atoms with Crippen molar-refractivity contribution in [1.29, 1.82) is 0 Å². The number of hydrogen-bond donors (Lipinski definition) is 3. The van der Waals surface area contributed by atoms with Crippen molar-refractivity contribution in [2.75, 3.05) is 18.4 Å². The van der Waals surface area contributed by atoms with Gasteiger partial charge in [0.1, 0.15) is 17.7 Å². The monoisotopic (exact) mass is 592 g/mol. The number of nitrogens with zero attached hydrogens (tertiary/aromatic N) is 1. The summed E-state index contributed by atoms with van der Waals surface area (Å²) in [5, 5.41) is 8.69. The van der Waals surface area contributed by atoms with Crippen molar-refractivity contribution in [3.63, 3.8) is 0 Å². The van der Waals surface area contributed by atoms with Crippen LogP contribution in [0.2, 0.25) is 0 Å². The number of hydrogen-bond acceptors (Lipinski definition) is 5. The first kappa shape index (κ1) is 33.6. The lowest BCUT2D eigenvalue weighted by Crippen LogP contribution is -2.53. The smallest absolute Gasteiger partial charge is 0.408 e. The molecule has 43 heavy (non-hydrogen) atoms. The lowest BCUT2D eigenvalue weighted by Gasteiger charge is -2.35. The molecule has 1 heterocycles. The molecule has 9 nitrogen and oxygen atoms in total. The Morgan fingerprint density at radius 1 is 0.884 bits per heavy atom. The summed E-state index contributed by atoms with van der Waals surface area (Å²) in [5.74, 6) is -0.798. The molecule has 0 unspecified atom stereocenters. The highest BCUT2D eigenvalue weighted by atomic mass is 16.6. The van der Waals surface area contributed by atoms with E-state index in [0.29, 0.717) is 44.5 Å². The van der Waals surface area contributed by atoms with Crippen molar-refractivity contribution in [2.45, 2.75) is 91.3 Å². The van der Waals surface area contributed by atoms with Crippen molar-refractivity contribution < 1.29 is 23.9 Å². The number of piperidine rings is 1. The van der Waals surface area contributed by atoms with Crippen molar-refractivity contribution in [1.82, 2.24) is 15.5 Å². The van der Waals surface area contributed by atoms with E-state index in [9.17, 15) is 19.2 Å². The fourth-order valence-electron chi connectivity index (χ4n) is 5.13. The molecule has 1 saturated heterocycles. The first-order chi connectivity index (χ1) is 20.3. The molecule has 0 aliphatic carbocycles. The zero-order chi connectivity index (χ0) is 31.6. The molecule has 1 fully saturated rings. The molecule has 0 saturated carbocycles. The van der Waals surface area contributed by atoms with Crippen molar-refractivity contribution in [2.24, 2.45) is 11.8 Å². The molecule has 1 aliphatic heterocycles. The summed E-state index contributed by atoms with van der Waals surface area (Å²) >= 11 is 0. The predicted octanol–water partition coefficient (Wildman–Crippen LogP) is 5.09. The van der Waals surface area contributed by atoms with Gasteiger partial charge in [-0.25, -0.2) is 4.79 Å². The summed E-state index contributed by atoms with van der Waals surface area (Å²) in [4.78, 5) is 54.3. The molecule has 2 aromatic carbocycles. The van der Waals surface area contributed by atoms with Gasteiger partial charge in [0.2, 0.25) is 17.7 Å². The van der Waals surface area contributed by atoms with Crippen LogP contribution in [0.5, 0.6) is 0 Å². The third-order valence-corrected chi connectivity index (χ3v) is 7.42. The molecule has 4 amide bonds. The minimum atomic E-state index is -0.756. The number of benzene rings is 2. The Morgan fingerprint density at radius 2 is 1.51 bits per heavy atom. The molecular weight excluding hydrogens is 544 g/mol. The fourth-order valence-corrected chi connectivity index (χ4v) is 5.13. The summed E-state index contributed by atoms with van der Waals surface area (Å²) in [6.45, 7) is 12.2. The second-order valence-electron chi connectivity index (χ2n) is 12.7. The van der Waals surface area contributed by atoms with Crippen molar-refractivity contribution >= 4 is 29.5 Å². The van der Waals surface area contributed by atoms with Gasteiger partial charge in [0, 0.05) is 31.1 Å². The average molecular weight is 593 g/mol. The number of alkyl carbamates (subject to hydrolysis) is 1. The molecule has 0 radical (unpaired) electrons. The number of rotatable bonds is 11. The molecule has 2 atom stereocenters. The highest BCUT2D eigenvalue weighted by Gasteiger charge is 2.34. The van der Waals surface area contributed by atoms with Gasteiger partial charge < -0.3 is 25.6 Å². The van der Waals surface area contributed by atoms with E-state index in [1.807, 2.05) is 68.4 Å². The van der Waals surface area contributed by atoms with E-state index in [2.05, 4.69) is 22.9 Å². The maximum absolute atomic E-state index is 13.4. The number of carbonyl (C=O) groups is 4. The molecule has 1 aliphatic rings. The van der Waals surface area contributed by atoms with Gasteiger partial charge in [-0.1, -0.05) is 63.2 Å². The summed E-state index contributed by atoms with van der Waals surface area (Å²) < 4.78 is 5.38. The van der Waals surface area contributed by atoms with Crippen LogP contribution in [-0.2, 0) is 32.0 Å². The van der Waals surface area contributed by atoms with Crippen LogP contribution < -0.4 is 16.0 Å². The fraction of sp³-hybridized carbons (Fsp3) is 0.529. The topological polar surface area (TPSA) is 117 Å². The van der Waals surface area contributed by atoms with Gasteiger partial charge in [0.15, 0.2) is 0 Å². The Kier molecular flexibility index (Phi) is 12.2. The highest BCUT2D eigenvalue weighted by Crippen LogP contribution is 2.21. The summed E-state index contributed by atoms with van der Waals surface area (Å²) in [6.07, 6.45) is 2.06. The summed E-state index contributed by atoms with van der Waals surface area (Å²) in [6, 6.07) is 15.8. The number of aryl methyl sites for hydroxylation is 1. The maximum atomic E-state index is 13.4. The van der Waals surface area contributed by atoms with Gasteiger partial charge in [0.25, 0.3) is 0 Å². The highest BCUT2D eigenvalue weighted by molar-refractivity contribution is 5.97. The van der Waals surface area contributed by atoms with Crippen LogP contribution in [0.1, 0.15) is 71.9 Å². The van der Waals surface area contributed by atoms with Crippen LogP contribution in [0, 0.1) is 11.8 Å². The Morgan fingerprint density at radius 3 is 2.07 bits per heavy atom. The second-order valence-corrected chi connectivity index (χ2v) is 12.7. The van der Waals surface area contributed by atoms with Gasteiger partial charge in [-0.3, -0.25) is 14.4 Å². The Hall–Kier alpha value is -3.88. The van der Waals surface area contributed by atoms with Gasteiger partial charge >= 0.3 is 6.09 Å². The van der Waals surface area contributed by atoms with E-state index in [4.69, 9.17) is 4.74 Å². The number of likely N-dealkylation sites (tertiary alicyclic amines) is 1. The Labute approximate surface area is 256 Å². The second kappa shape index (κ2) is 15.5. The van der Waals surface area contributed by atoms with Gasteiger partial charge in [-0.15, -0.1) is 0 Å². The maximum Gasteiger partial charge on any atom is 0.408 e. The molecule has 3 N–H and O–H groups in total. The minimum absolute atomic E-state index is 0.172. The number of carbonyl (C=O) groups excluding carboxylic acids is 4. The summed E-state index contributed by atoms with van der Waals surface area (Å²) in [5.41, 5.74) is 2.12. The van der Waals surface area contributed by atoms with Crippen molar-refractivity contribution in [3.8, 4) is 0 Å². The normalized spacial score (nSPS) is 15.4. The lowest BCUT2D eigenvalue weighted by atomic mass is 9.93. The van der Waals surface area contributed by atoms with E-state index in [-0.39, 0.29) is 29.6 Å². The third kappa shape index (κ3) is 11.0. The molecular formula is C34H48N4O5. The third-order valence-electron chi connectivity index (χ3n) is 7.42. The molecule has 234 valence electrons. The van der Waals surface area contributed by atoms with Crippen LogP contribution in [0.4, 0.5) is 10.5 Å². The van der Waals surface area contributed by atoms with Crippen LogP contribution >= 0.6 is 0 Å². The quantitative estimate of drug-likeness (QED) is 0.336. The van der Waals surface area contributed by atoms with Crippen LogP contribution in [-0.4, -0.2) is 59.5 Å². The van der Waals surface area contributed by atoms with Gasteiger partial charge in [-0.2, -0.15) is 0 Å². The van der Waals surface area contributed by atoms with Crippen molar-refractivity contribution in [3.05, 3.63) is 65.7 Å². The molecule has 0 spiro atoms. The van der Waals surface area contributed by atoms with E-state index in [0.717, 1.165) is 12.0 Å². The zero-order valence-electron chi connectivity index (χ0n) is 26.4. The number of nitrogens with one attached hydrogen (secondary N) is 3. The summed E-state index contributed by atoms with van der Waals surface area (Å²) in [7, 11) is 0. The number of amides is 4. The molecule has 3 rings (SSSR count). The first-order valence-corrected chi connectivity index (χ1v) is 15.4. The van der Waals surface area contributed by atoms with Crippen LogP contribution in [0.25, 0.3) is 0 Å². The van der Waals surface area contributed by atoms with Crippen LogP contribution in [0.3, 0.4) is 0 Å². The van der Waals surface area contributed by atoms with Gasteiger partial charge in [-0.05, 0) is 75.6 Å². The van der Waals surface area contributed by atoms with E-state index in [1.165, 1.54) is 5.56 Å². The predicted molar refractivity (Wildman–Crippen MR) is 168 cm³/mol. The molecule has 0 bridgehead atoms. The lowest BCUT2D eigenvalue weighted by molar-refractivity contribution is -0.138.